The first-order valence-electron chi connectivity index (χ1n) is 14.5. The zero-order chi connectivity index (χ0) is 31.3. The van der Waals surface area contributed by atoms with Crippen LogP contribution in [0.25, 0.3) is 66.8 Å². The molecule has 8 rings (SSSR count). The van der Waals surface area contributed by atoms with Gasteiger partial charge in [-0.25, -0.2) is 19.9 Å². The molecular weight excluding hydrogens is 578 g/mol. The number of fused-ring (bicyclic) bond motifs is 2. The lowest BCUT2D eigenvalue weighted by Gasteiger charge is -2.05. The molecule has 0 aliphatic rings. The molecular formula is C38H24F2N6. The number of pyridine rings is 2. The normalized spacial score (nSPS) is 10.8. The fourth-order valence-electron chi connectivity index (χ4n) is 4.95. The van der Waals surface area contributed by atoms with Gasteiger partial charge in [0.1, 0.15) is 0 Å². The summed E-state index contributed by atoms with van der Waals surface area (Å²) in [5, 5.41) is 0. The second kappa shape index (κ2) is 12.8. The minimum absolute atomic E-state index is 0.475. The number of hydrogen-bond acceptors (Lipinski definition) is 6. The van der Waals surface area contributed by atoms with Gasteiger partial charge in [0.25, 0.3) is 0 Å². The van der Waals surface area contributed by atoms with E-state index in [9.17, 15) is 8.78 Å². The van der Waals surface area contributed by atoms with Gasteiger partial charge in [-0.05, 0) is 59.7 Å². The van der Waals surface area contributed by atoms with Crippen LogP contribution in [0.2, 0.25) is 0 Å². The number of aromatic nitrogens is 6. The van der Waals surface area contributed by atoms with Crippen LogP contribution in [0.3, 0.4) is 0 Å². The number of benzene rings is 4. The molecule has 0 N–H and O–H groups in total. The predicted octanol–water partition coefficient (Wildman–Crippen LogP) is 9.00. The van der Waals surface area contributed by atoms with Crippen molar-refractivity contribution in [2.45, 2.75) is 0 Å². The van der Waals surface area contributed by atoms with Gasteiger partial charge in [0.15, 0.2) is 0 Å². The summed E-state index contributed by atoms with van der Waals surface area (Å²) in [6.07, 6.45) is 6.61. The minimum Gasteiger partial charge on any atom is -0.252 e. The van der Waals surface area contributed by atoms with E-state index in [-0.39, 0.29) is 0 Å². The maximum Gasteiger partial charge on any atom is 0.212 e. The average Bonchev–Trinajstić information content (AvgIpc) is 3.12. The summed E-state index contributed by atoms with van der Waals surface area (Å²) >= 11 is 0. The second-order valence-electron chi connectivity index (χ2n) is 10.4. The van der Waals surface area contributed by atoms with Crippen molar-refractivity contribution in [2.75, 3.05) is 0 Å². The van der Waals surface area contributed by atoms with Gasteiger partial charge in [0.05, 0.1) is 45.8 Å². The van der Waals surface area contributed by atoms with Crippen LogP contribution in [0.15, 0.2) is 146 Å². The molecule has 0 saturated carbocycles. The van der Waals surface area contributed by atoms with E-state index < -0.39 is 11.9 Å². The Balaban J connectivity index is 0.000000147. The molecule has 0 aliphatic carbocycles. The van der Waals surface area contributed by atoms with Gasteiger partial charge in [-0.15, -0.1) is 0 Å². The van der Waals surface area contributed by atoms with Gasteiger partial charge in [-0.1, -0.05) is 72.8 Å². The standard InChI is InChI=1S/2C19H12FN3/c2*20-19-10-9-15(11-22-19)13-5-7-14(8-6-13)18-12-21-16-3-1-2-4-17(16)23-18/h2*1-12H. The molecule has 4 aromatic carbocycles. The number of halogens is 2. The first kappa shape index (κ1) is 28.5. The third kappa shape index (κ3) is 6.32. The quantitative estimate of drug-likeness (QED) is 0.187. The molecule has 0 saturated heterocycles. The van der Waals surface area contributed by atoms with Crippen LogP contribution < -0.4 is 0 Å². The molecule has 0 atom stereocenters. The van der Waals surface area contributed by atoms with Crippen LogP contribution in [0.4, 0.5) is 8.78 Å². The fraction of sp³-hybridized carbons (Fsp3) is 0. The van der Waals surface area contributed by atoms with Crippen molar-refractivity contribution in [2.24, 2.45) is 0 Å². The van der Waals surface area contributed by atoms with Crippen LogP contribution in [0.1, 0.15) is 0 Å². The Bertz CT molecular complexity index is 2090. The molecule has 0 aliphatic heterocycles. The Hall–Kier alpha value is -6.28. The van der Waals surface area contributed by atoms with Crippen LogP contribution in [0, 0.1) is 11.9 Å². The van der Waals surface area contributed by atoms with E-state index in [1.807, 2.05) is 97.1 Å². The van der Waals surface area contributed by atoms with Crippen molar-refractivity contribution in [1.82, 2.24) is 29.9 Å². The van der Waals surface area contributed by atoms with Crippen molar-refractivity contribution in [3.63, 3.8) is 0 Å². The highest BCUT2D eigenvalue weighted by atomic mass is 19.1. The number of nitrogens with zero attached hydrogens (tertiary/aromatic N) is 6. The summed E-state index contributed by atoms with van der Waals surface area (Å²) in [6.45, 7) is 0. The largest absolute Gasteiger partial charge is 0.252 e. The van der Waals surface area contributed by atoms with Gasteiger partial charge in [-0.2, -0.15) is 8.78 Å². The van der Waals surface area contributed by atoms with E-state index in [0.29, 0.717) is 0 Å². The molecule has 0 radical (unpaired) electrons. The zero-order valence-corrected chi connectivity index (χ0v) is 24.3. The third-order valence-corrected chi connectivity index (χ3v) is 7.38. The van der Waals surface area contributed by atoms with E-state index in [0.717, 1.165) is 66.8 Å². The average molecular weight is 603 g/mol. The highest BCUT2D eigenvalue weighted by Crippen LogP contribution is 2.26. The Labute approximate surface area is 263 Å². The highest BCUT2D eigenvalue weighted by Gasteiger charge is 2.06. The summed E-state index contributed by atoms with van der Waals surface area (Å²) in [6, 6.07) is 37.5. The SMILES string of the molecule is Fc1ccc(-c2ccc(-c3cnc4ccccc4n3)cc2)cn1.Fc1ccc(-c2ccc(-c3cnc4ccccc4n3)cc2)cn1. The van der Waals surface area contributed by atoms with E-state index >= 15 is 0 Å². The van der Waals surface area contributed by atoms with Crippen LogP contribution in [-0.4, -0.2) is 29.9 Å². The van der Waals surface area contributed by atoms with Crippen LogP contribution in [-0.2, 0) is 0 Å². The van der Waals surface area contributed by atoms with Crippen molar-refractivity contribution in [1.29, 1.82) is 0 Å². The van der Waals surface area contributed by atoms with E-state index in [1.165, 1.54) is 24.5 Å². The maximum atomic E-state index is 12.9. The molecule has 4 heterocycles. The van der Waals surface area contributed by atoms with Gasteiger partial charge >= 0.3 is 0 Å². The van der Waals surface area contributed by atoms with Gasteiger partial charge < -0.3 is 0 Å². The zero-order valence-electron chi connectivity index (χ0n) is 24.3. The lowest BCUT2D eigenvalue weighted by molar-refractivity contribution is 0.583. The minimum atomic E-state index is -0.475. The van der Waals surface area contributed by atoms with Crippen molar-refractivity contribution >= 4 is 22.1 Å². The molecule has 6 nitrogen and oxygen atoms in total. The molecule has 220 valence electrons. The lowest BCUT2D eigenvalue weighted by atomic mass is 10.0. The predicted molar refractivity (Wildman–Crippen MR) is 176 cm³/mol. The molecule has 4 aromatic heterocycles. The van der Waals surface area contributed by atoms with Gasteiger partial charge in [0, 0.05) is 34.6 Å². The molecule has 0 bridgehead atoms. The lowest BCUT2D eigenvalue weighted by Crippen LogP contribution is -1.89. The van der Waals surface area contributed by atoms with E-state index in [2.05, 4.69) is 29.9 Å². The van der Waals surface area contributed by atoms with E-state index in [4.69, 9.17) is 0 Å². The summed E-state index contributed by atoms with van der Waals surface area (Å²) in [4.78, 5) is 25.5. The highest BCUT2D eigenvalue weighted by molar-refractivity contribution is 5.78. The van der Waals surface area contributed by atoms with Crippen molar-refractivity contribution < 1.29 is 8.78 Å². The maximum absolute atomic E-state index is 12.9. The van der Waals surface area contributed by atoms with Gasteiger partial charge in [-0.3, -0.25) is 9.97 Å². The smallest absolute Gasteiger partial charge is 0.212 e. The summed E-state index contributed by atoms with van der Waals surface area (Å²) < 4.78 is 25.8. The Kier molecular flexibility index (Phi) is 7.90. The molecule has 0 spiro atoms. The van der Waals surface area contributed by atoms with Crippen LogP contribution >= 0.6 is 0 Å². The second-order valence-corrected chi connectivity index (χ2v) is 10.4. The number of rotatable bonds is 4. The first-order chi connectivity index (χ1) is 22.6. The summed E-state index contributed by atoms with van der Waals surface area (Å²) in [5.41, 5.74) is 10.9. The molecule has 0 fully saturated rings. The summed E-state index contributed by atoms with van der Waals surface area (Å²) in [7, 11) is 0. The fourth-order valence-corrected chi connectivity index (χ4v) is 4.95. The molecule has 8 heteroatoms. The molecule has 0 amide bonds. The molecule has 0 unspecified atom stereocenters. The topological polar surface area (TPSA) is 77.3 Å². The van der Waals surface area contributed by atoms with Crippen molar-refractivity contribution in [3.8, 4) is 44.8 Å². The summed E-state index contributed by atoms with van der Waals surface area (Å²) in [5.74, 6) is -0.950. The van der Waals surface area contributed by atoms with E-state index in [1.54, 1.807) is 24.5 Å². The number of hydrogen-bond donors (Lipinski definition) is 0. The van der Waals surface area contributed by atoms with Gasteiger partial charge in [0.2, 0.25) is 11.9 Å². The Morgan fingerprint density at radius 3 is 1.02 bits per heavy atom. The molecule has 8 aromatic rings. The van der Waals surface area contributed by atoms with Crippen molar-refractivity contribution in [3.05, 3.63) is 158 Å². The number of para-hydroxylation sites is 4. The Morgan fingerprint density at radius 1 is 0.304 bits per heavy atom. The van der Waals surface area contributed by atoms with Crippen LogP contribution in [0.5, 0.6) is 0 Å². The first-order valence-corrected chi connectivity index (χ1v) is 14.5. The third-order valence-electron chi connectivity index (χ3n) is 7.38. The Morgan fingerprint density at radius 2 is 0.652 bits per heavy atom. The monoisotopic (exact) mass is 602 g/mol. The molecule has 46 heavy (non-hydrogen) atoms.